The normalized spacial score (nSPS) is 12.1. The van der Waals surface area contributed by atoms with Gasteiger partial charge < -0.3 is 4.74 Å². The van der Waals surface area contributed by atoms with Crippen molar-refractivity contribution in [3.8, 4) is 0 Å². The maximum absolute atomic E-state index is 10.9. The molecule has 0 heterocycles. The van der Waals surface area contributed by atoms with Gasteiger partial charge in [0, 0.05) is 5.57 Å². The summed E-state index contributed by atoms with van der Waals surface area (Å²) in [5, 5.41) is 0. The van der Waals surface area contributed by atoms with E-state index in [9.17, 15) is 4.79 Å². The van der Waals surface area contributed by atoms with Gasteiger partial charge in [0.05, 0.1) is 0 Å². The first-order chi connectivity index (χ1) is 5.22. The summed E-state index contributed by atoms with van der Waals surface area (Å²) >= 11 is 0. The molecular formula is C9H14O2. The van der Waals surface area contributed by atoms with Crippen molar-refractivity contribution in [3.63, 3.8) is 0 Å². The van der Waals surface area contributed by atoms with Gasteiger partial charge in [0.15, 0.2) is 0 Å². The molecule has 0 aromatic heterocycles. The van der Waals surface area contributed by atoms with Gasteiger partial charge >= 0.3 is 5.97 Å². The average molecular weight is 154 g/mol. The smallest absolute Gasteiger partial charge is 0.333 e. The molecule has 0 N–H and O–H groups in total. The van der Waals surface area contributed by atoms with Crippen molar-refractivity contribution < 1.29 is 9.53 Å². The number of hydrogen-bond donors (Lipinski definition) is 0. The quantitative estimate of drug-likeness (QED) is 0.353. The van der Waals surface area contributed by atoms with Gasteiger partial charge in [-0.25, -0.2) is 4.79 Å². The Morgan fingerprint density at radius 3 is 2.55 bits per heavy atom. The fourth-order valence-corrected chi connectivity index (χ4v) is 0.452. The van der Waals surface area contributed by atoms with Crippen LogP contribution in [0.2, 0.25) is 0 Å². The third kappa shape index (κ3) is 4.37. The molecule has 2 heteroatoms. The molecule has 0 aromatic rings. The molecule has 0 amide bonds. The second-order valence-corrected chi connectivity index (χ2v) is 2.14. The highest BCUT2D eigenvalue weighted by Crippen LogP contribution is 1.95. The summed E-state index contributed by atoms with van der Waals surface area (Å²) in [7, 11) is 0. The number of allylic oxidation sites excluding steroid dienone is 2. The van der Waals surface area contributed by atoms with E-state index in [0.29, 0.717) is 12.2 Å². The van der Waals surface area contributed by atoms with Crippen LogP contribution in [0.1, 0.15) is 20.8 Å². The Kier molecular flexibility index (Phi) is 5.17. The topological polar surface area (TPSA) is 26.3 Å². The summed E-state index contributed by atoms with van der Waals surface area (Å²) in [6.45, 7) is 5.79. The fraction of sp³-hybridized carbons (Fsp3) is 0.444. The van der Waals surface area contributed by atoms with E-state index in [0.717, 1.165) is 0 Å². The van der Waals surface area contributed by atoms with E-state index in [2.05, 4.69) is 0 Å². The first-order valence-corrected chi connectivity index (χ1v) is 3.63. The van der Waals surface area contributed by atoms with Crippen LogP contribution in [-0.2, 0) is 9.53 Å². The third-order valence-corrected chi connectivity index (χ3v) is 1.30. The van der Waals surface area contributed by atoms with E-state index in [1.807, 2.05) is 19.9 Å². The Morgan fingerprint density at radius 1 is 1.45 bits per heavy atom. The van der Waals surface area contributed by atoms with Gasteiger partial charge in [0.1, 0.15) is 6.61 Å². The maximum Gasteiger partial charge on any atom is 0.333 e. The average Bonchev–Trinajstić information content (AvgIpc) is 2.03. The summed E-state index contributed by atoms with van der Waals surface area (Å²) in [4.78, 5) is 10.9. The Bertz CT molecular complexity index is 178. The number of esters is 1. The van der Waals surface area contributed by atoms with Crippen LogP contribution in [0.4, 0.5) is 0 Å². The molecule has 0 unspecified atom stereocenters. The number of carbonyl (C=O) groups excluding carboxylic acids is 1. The molecule has 62 valence electrons. The Morgan fingerprint density at radius 2 is 2.09 bits per heavy atom. The number of rotatable bonds is 3. The molecule has 2 nitrogen and oxygen atoms in total. The van der Waals surface area contributed by atoms with E-state index < -0.39 is 0 Å². The van der Waals surface area contributed by atoms with Crippen LogP contribution in [0.3, 0.4) is 0 Å². The van der Waals surface area contributed by atoms with Crippen molar-refractivity contribution >= 4 is 5.97 Å². The predicted molar refractivity (Wildman–Crippen MR) is 45.2 cm³/mol. The Labute approximate surface area is 67.6 Å². The summed E-state index contributed by atoms with van der Waals surface area (Å²) in [6, 6.07) is 0. The minimum absolute atomic E-state index is 0.245. The van der Waals surface area contributed by atoms with Gasteiger partial charge in [0.25, 0.3) is 0 Å². The maximum atomic E-state index is 10.9. The van der Waals surface area contributed by atoms with Crippen molar-refractivity contribution in [2.45, 2.75) is 20.8 Å². The number of hydrogen-bond acceptors (Lipinski definition) is 2. The molecule has 0 atom stereocenters. The summed E-state index contributed by atoms with van der Waals surface area (Å²) in [5.41, 5.74) is 0.648. The molecule has 0 fully saturated rings. The molecule has 11 heavy (non-hydrogen) atoms. The molecule has 0 aromatic carbocycles. The molecule has 0 saturated carbocycles. The molecule has 0 spiro atoms. The Balaban J connectivity index is 3.70. The molecule has 0 saturated heterocycles. The zero-order chi connectivity index (χ0) is 8.69. The predicted octanol–water partition coefficient (Wildman–Crippen LogP) is 2.07. The highest BCUT2D eigenvalue weighted by atomic mass is 16.5. The van der Waals surface area contributed by atoms with Gasteiger partial charge in [0.2, 0.25) is 0 Å². The van der Waals surface area contributed by atoms with Crippen LogP contribution in [0.15, 0.2) is 23.8 Å². The van der Waals surface area contributed by atoms with Crippen molar-refractivity contribution in [2.24, 2.45) is 0 Å². The number of ether oxygens (including phenoxy) is 1. The molecule has 0 aliphatic heterocycles. The first-order valence-electron chi connectivity index (χ1n) is 3.63. The Hall–Kier alpha value is -1.05. The standard InChI is InChI=1S/C9H14O2/c1-4-6-7-11-9(10)8(3)5-2/h4-6H,7H2,1-3H3/b6-4?,8-5-. The summed E-state index contributed by atoms with van der Waals surface area (Å²) in [5.74, 6) is -0.245. The highest BCUT2D eigenvalue weighted by molar-refractivity contribution is 5.87. The lowest BCUT2D eigenvalue weighted by atomic mass is 10.3. The van der Waals surface area contributed by atoms with Crippen molar-refractivity contribution in [1.82, 2.24) is 0 Å². The largest absolute Gasteiger partial charge is 0.458 e. The van der Waals surface area contributed by atoms with Crippen molar-refractivity contribution in [3.05, 3.63) is 23.8 Å². The first kappa shape index (κ1) is 9.95. The van der Waals surface area contributed by atoms with Gasteiger partial charge in [-0.2, -0.15) is 0 Å². The van der Waals surface area contributed by atoms with Crippen LogP contribution >= 0.6 is 0 Å². The van der Waals surface area contributed by atoms with Gasteiger partial charge in [-0.3, -0.25) is 0 Å². The zero-order valence-electron chi connectivity index (χ0n) is 7.26. The zero-order valence-corrected chi connectivity index (χ0v) is 7.26. The van der Waals surface area contributed by atoms with E-state index in [-0.39, 0.29) is 5.97 Å². The molecule has 0 rings (SSSR count). The van der Waals surface area contributed by atoms with Crippen LogP contribution in [0, 0.1) is 0 Å². The monoisotopic (exact) mass is 154 g/mol. The van der Waals surface area contributed by atoms with Gasteiger partial charge in [-0.15, -0.1) is 0 Å². The lowest BCUT2D eigenvalue weighted by Crippen LogP contribution is -2.05. The molecule has 0 bridgehead atoms. The van der Waals surface area contributed by atoms with Gasteiger partial charge in [-0.05, 0) is 20.8 Å². The van der Waals surface area contributed by atoms with Crippen molar-refractivity contribution in [2.75, 3.05) is 6.61 Å². The van der Waals surface area contributed by atoms with Gasteiger partial charge in [-0.1, -0.05) is 18.2 Å². The minimum atomic E-state index is -0.245. The van der Waals surface area contributed by atoms with E-state index in [1.54, 1.807) is 19.1 Å². The third-order valence-electron chi connectivity index (χ3n) is 1.30. The van der Waals surface area contributed by atoms with E-state index >= 15 is 0 Å². The SMILES string of the molecule is CC=CCOC(=O)/C(C)=C\C. The number of carbonyl (C=O) groups is 1. The lowest BCUT2D eigenvalue weighted by molar-refractivity contribution is -0.137. The second-order valence-electron chi connectivity index (χ2n) is 2.14. The highest BCUT2D eigenvalue weighted by Gasteiger charge is 2.01. The minimum Gasteiger partial charge on any atom is -0.458 e. The molecular weight excluding hydrogens is 140 g/mol. The van der Waals surface area contributed by atoms with Crippen LogP contribution in [0.25, 0.3) is 0 Å². The van der Waals surface area contributed by atoms with Crippen LogP contribution in [0.5, 0.6) is 0 Å². The van der Waals surface area contributed by atoms with Crippen LogP contribution in [-0.4, -0.2) is 12.6 Å². The molecule has 0 aliphatic carbocycles. The van der Waals surface area contributed by atoms with Crippen molar-refractivity contribution in [1.29, 1.82) is 0 Å². The second kappa shape index (κ2) is 5.71. The van der Waals surface area contributed by atoms with E-state index in [4.69, 9.17) is 4.74 Å². The summed E-state index contributed by atoms with van der Waals surface area (Å²) in [6.07, 6.45) is 5.37. The van der Waals surface area contributed by atoms with E-state index in [1.165, 1.54) is 0 Å². The summed E-state index contributed by atoms with van der Waals surface area (Å²) < 4.78 is 4.84. The lowest BCUT2D eigenvalue weighted by Gasteiger charge is -1.99. The molecule has 0 aliphatic rings. The fourth-order valence-electron chi connectivity index (χ4n) is 0.452. The molecule has 0 radical (unpaired) electrons. The van der Waals surface area contributed by atoms with Crippen LogP contribution < -0.4 is 0 Å².